The van der Waals surface area contributed by atoms with E-state index in [1.165, 1.54) is 24.3 Å². The zero-order chi connectivity index (χ0) is 19.0. The average molecular weight is 397 g/mol. The molecule has 0 aromatic heterocycles. The van der Waals surface area contributed by atoms with E-state index in [1.807, 2.05) is 13.0 Å². The maximum absolute atomic E-state index is 12.2. The van der Waals surface area contributed by atoms with Crippen LogP contribution in [0, 0.1) is 0 Å². The Morgan fingerprint density at radius 3 is 2.58 bits per heavy atom. The van der Waals surface area contributed by atoms with E-state index >= 15 is 0 Å². The minimum atomic E-state index is -3.58. The predicted molar refractivity (Wildman–Crippen MR) is 101 cm³/mol. The van der Waals surface area contributed by atoms with Crippen LogP contribution in [0.25, 0.3) is 0 Å². The summed E-state index contributed by atoms with van der Waals surface area (Å²) in [6, 6.07) is 13.2. The third kappa shape index (κ3) is 6.33. The highest BCUT2D eigenvalue weighted by Crippen LogP contribution is 2.15. The lowest BCUT2D eigenvalue weighted by Crippen LogP contribution is -2.28. The molecule has 0 aliphatic rings. The van der Waals surface area contributed by atoms with Gasteiger partial charge in [0.25, 0.3) is 5.91 Å². The van der Waals surface area contributed by atoms with Crippen molar-refractivity contribution in [1.29, 1.82) is 0 Å². The zero-order valence-electron chi connectivity index (χ0n) is 14.4. The molecule has 2 N–H and O–H groups in total. The Bertz CT molecular complexity index is 839. The second-order valence-corrected chi connectivity index (χ2v) is 7.69. The van der Waals surface area contributed by atoms with Crippen LogP contribution in [0.1, 0.15) is 12.5 Å². The first kappa shape index (κ1) is 20.2. The van der Waals surface area contributed by atoms with Gasteiger partial charge in [-0.15, -0.1) is 0 Å². The number of amides is 1. The Balaban J connectivity index is 1.88. The summed E-state index contributed by atoms with van der Waals surface area (Å²) < 4.78 is 32.4. The second-order valence-electron chi connectivity index (χ2n) is 5.49. The normalized spacial score (nSPS) is 11.2. The van der Waals surface area contributed by atoms with Crippen LogP contribution in [0.2, 0.25) is 5.02 Å². The summed E-state index contributed by atoms with van der Waals surface area (Å²) in [6.45, 7) is 2.57. The molecule has 140 valence electrons. The lowest BCUT2D eigenvalue weighted by atomic mass is 10.1. The average Bonchev–Trinajstić information content (AvgIpc) is 2.61. The van der Waals surface area contributed by atoms with E-state index in [9.17, 15) is 13.2 Å². The molecule has 6 nitrogen and oxygen atoms in total. The molecule has 2 aromatic carbocycles. The van der Waals surface area contributed by atoms with Crippen LogP contribution in [-0.2, 0) is 21.2 Å². The Labute approximate surface area is 158 Å². The summed E-state index contributed by atoms with van der Waals surface area (Å²) in [5.41, 5.74) is 0.900. The highest BCUT2D eigenvalue weighted by atomic mass is 35.5. The molecule has 0 spiro atoms. The highest BCUT2D eigenvalue weighted by Gasteiger charge is 2.13. The zero-order valence-corrected chi connectivity index (χ0v) is 15.9. The number of benzene rings is 2. The maximum atomic E-state index is 12.2. The van der Waals surface area contributed by atoms with Crippen molar-refractivity contribution in [2.24, 2.45) is 0 Å². The Kier molecular flexibility index (Phi) is 7.44. The third-order valence-electron chi connectivity index (χ3n) is 3.47. The summed E-state index contributed by atoms with van der Waals surface area (Å²) in [7, 11) is -3.58. The van der Waals surface area contributed by atoms with Crippen LogP contribution in [0.5, 0.6) is 5.75 Å². The fraction of sp³-hybridized carbons (Fsp3) is 0.278. The maximum Gasteiger partial charge on any atom is 0.257 e. The van der Waals surface area contributed by atoms with Gasteiger partial charge in [0.05, 0.1) is 4.90 Å². The molecule has 0 heterocycles. The van der Waals surface area contributed by atoms with E-state index in [0.29, 0.717) is 23.7 Å². The van der Waals surface area contributed by atoms with Crippen molar-refractivity contribution in [1.82, 2.24) is 10.0 Å². The van der Waals surface area contributed by atoms with Gasteiger partial charge in [0, 0.05) is 18.1 Å². The number of sulfonamides is 1. The number of hydrogen-bond acceptors (Lipinski definition) is 4. The quantitative estimate of drug-likeness (QED) is 0.681. The van der Waals surface area contributed by atoms with E-state index < -0.39 is 10.0 Å². The third-order valence-corrected chi connectivity index (χ3v) is 5.20. The number of rotatable bonds is 9. The molecule has 0 saturated carbocycles. The SMILES string of the molecule is CCNC(=O)COc1cccc(CCNS(=O)(=O)c2ccc(Cl)cc2)c1. The van der Waals surface area contributed by atoms with Crippen molar-refractivity contribution < 1.29 is 17.9 Å². The number of carbonyl (C=O) groups is 1. The number of nitrogens with one attached hydrogen (secondary N) is 2. The lowest BCUT2D eigenvalue weighted by Gasteiger charge is -2.09. The number of hydrogen-bond donors (Lipinski definition) is 2. The van der Waals surface area contributed by atoms with Crippen molar-refractivity contribution in [3.63, 3.8) is 0 Å². The predicted octanol–water partition coefficient (Wildman–Crippen LogP) is 2.38. The van der Waals surface area contributed by atoms with E-state index in [-0.39, 0.29) is 24.0 Å². The van der Waals surface area contributed by atoms with Crippen molar-refractivity contribution in [3.8, 4) is 5.75 Å². The Hall–Kier alpha value is -2.09. The molecule has 1 amide bonds. The molecule has 0 unspecified atom stereocenters. The number of ether oxygens (including phenoxy) is 1. The number of halogens is 1. The van der Waals surface area contributed by atoms with E-state index in [4.69, 9.17) is 16.3 Å². The smallest absolute Gasteiger partial charge is 0.257 e. The van der Waals surface area contributed by atoms with Gasteiger partial charge in [0.15, 0.2) is 6.61 Å². The molecule has 0 radical (unpaired) electrons. The van der Waals surface area contributed by atoms with Gasteiger partial charge in [0.2, 0.25) is 10.0 Å². The molecule has 0 atom stereocenters. The van der Waals surface area contributed by atoms with Gasteiger partial charge < -0.3 is 10.1 Å². The molecule has 0 aliphatic heterocycles. The summed E-state index contributed by atoms with van der Waals surface area (Å²) in [6.07, 6.45) is 0.491. The first-order chi connectivity index (χ1) is 12.4. The topological polar surface area (TPSA) is 84.5 Å². The number of carbonyl (C=O) groups excluding carboxylic acids is 1. The van der Waals surface area contributed by atoms with Crippen LogP contribution < -0.4 is 14.8 Å². The molecule has 8 heteroatoms. The molecule has 2 rings (SSSR count). The van der Waals surface area contributed by atoms with Gasteiger partial charge in [-0.1, -0.05) is 23.7 Å². The fourth-order valence-electron chi connectivity index (χ4n) is 2.21. The van der Waals surface area contributed by atoms with Crippen LogP contribution in [-0.4, -0.2) is 34.0 Å². The van der Waals surface area contributed by atoms with Gasteiger partial charge in [-0.25, -0.2) is 13.1 Å². The summed E-state index contributed by atoms with van der Waals surface area (Å²) >= 11 is 5.77. The fourth-order valence-corrected chi connectivity index (χ4v) is 3.37. The minimum absolute atomic E-state index is 0.0551. The van der Waals surface area contributed by atoms with Crippen LogP contribution in [0.15, 0.2) is 53.4 Å². The second kappa shape index (κ2) is 9.56. The summed E-state index contributed by atoms with van der Waals surface area (Å²) in [5, 5.41) is 3.13. The van der Waals surface area contributed by atoms with Gasteiger partial charge in [-0.05, 0) is 55.3 Å². The van der Waals surface area contributed by atoms with E-state index in [2.05, 4.69) is 10.0 Å². The van der Waals surface area contributed by atoms with Crippen LogP contribution >= 0.6 is 11.6 Å². The molecule has 26 heavy (non-hydrogen) atoms. The number of likely N-dealkylation sites (N-methyl/N-ethyl adjacent to an activating group) is 1. The Morgan fingerprint density at radius 1 is 1.15 bits per heavy atom. The van der Waals surface area contributed by atoms with Crippen molar-refractivity contribution in [3.05, 3.63) is 59.1 Å². The summed E-state index contributed by atoms with van der Waals surface area (Å²) in [4.78, 5) is 11.6. The molecule has 0 fully saturated rings. The summed E-state index contributed by atoms with van der Waals surface area (Å²) in [5.74, 6) is 0.378. The first-order valence-corrected chi connectivity index (χ1v) is 10.0. The Morgan fingerprint density at radius 2 is 1.88 bits per heavy atom. The van der Waals surface area contributed by atoms with Gasteiger partial charge in [-0.3, -0.25) is 4.79 Å². The van der Waals surface area contributed by atoms with Gasteiger partial charge in [-0.2, -0.15) is 0 Å². The van der Waals surface area contributed by atoms with Crippen molar-refractivity contribution in [2.75, 3.05) is 19.7 Å². The monoisotopic (exact) mass is 396 g/mol. The van der Waals surface area contributed by atoms with Crippen LogP contribution in [0.3, 0.4) is 0 Å². The minimum Gasteiger partial charge on any atom is -0.484 e. The van der Waals surface area contributed by atoms with E-state index in [0.717, 1.165) is 5.56 Å². The molecule has 0 bridgehead atoms. The molecule has 2 aromatic rings. The van der Waals surface area contributed by atoms with Crippen LogP contribution in [0.4, 0.5) is 0 Å². The molecular weight excluding hydrogens is 376 g/mol. The standard InChI is InChI=1S/C18H21ClN2O4S/c1-2-20-18(22)13-25-16-5-3-4-14(12-16)10-11-21-26(23,24)17-8-6-15(19)7-9-17/h3-9,12,21H,2,10-11,13H2,1H3,(H,20,22). The highest BCUT2D eigenvalue weighted by molar-refractivity contribution is 7.89. The largest absolute Gasteiger partial charge is 0.484 e. The van der Waals surface area contributed by atoms with E-state index in [1.54, 1.807) is 18.2 Å². The van der Waals surface area contributed by atoms with Crippen molar-refractivity contribution in [2.45, 2.75) is 18.2 Å². The lowest BCUT2D eigenvalue weighted by molar-refractivity contribution is -0.122. The van der Waals surface area contributed by atoms with Gasteiger partial charge >= 0.3 is 0 Å². The van der Waals surface area contributed by atoms with Gasteiger partial charge in [0.1, 0.15) is 5.75 Å². The molecule has 0 saturated heterocycles. The van der Waals surface area contributed by atoms with Crippen molar-refractivity contribution >= 4 is 27.5 Å². The molecular formula is C18H21ClN2O4S. The first-order valence-electron chi connectivity index (χ1n) is 8.14. The molecule has 0 aliphatic carbocycles.